The van der Waals surface area contributed by atoms with Crippen LogP contribution in [0.25, 0.3) is 0 Å². The predicted molar refractivity (Wildman–Crippen MR) is 70.8 cm³/mol. The van der Waals surface area contributed by atoms with E-state index in [0.717, 1.165) is 17.7 Å². The van der Waals surface area contributed by atoms with Crippen molar-refractivity contribution in [2.45, 2.75) is 26.3 Å². The maximum atomic E-state index is 6.28. The van der Waals surface area contributed by atoms with Gasteiger partial charge >= 0.3 is 0 Å². The molecule has 1 unspecified atom stereocenters. The Bertz CT molecular complexity index is 489. The van der Waals surface area contributed by atoms with E-state index in [0.29, 0.717) is 0 Å². The van der Waals surface area contributed by atoms with Crippen molar-refractivity contribution in [3.8, 4) is 0 Å². The lowest BCUT2D eigenvalue weighted by atomic mass is 9.98. The fraction of sp³-hybridized carbons (Fsp3) is 0.267. The van der Waals surface area contributed by atoms with E-state index in [-0.39, 0.29) is 6.04 Å². The summed E-state index contributed by atoms with van der Waals surface area (Å²) in [6, 6.07) is 12.3. The van der Waals surface area contributed by atoms with Gasteiger partial charge in [0.15, 0.2) is 0 Å². The van der Waals surface area contributed by atoms with E-state index in [4.69, 9.17) is 5.73 Å². The lowest BCUT2D eigenvalue weighted by Gasteiger charge is -2.15. The molecule has 0 aliphatic rings. The first-order valence-corrected chi connectivity index (χ1v) is 5.98. The third kappa shape index (κ3) is 2.53. The lowest BCUT2D eigenvalue weighted by Crippen LogP contribution is -2.15. The summed E-state index contributed by atoms with van der Waals surface area (Å²) in [5.74, 6) is 0. The van der Waals surface area contributed by atoms with Crippen molar-refractivity contribution in [3.05, 3.63) is 65.0 Å². The molecule has 2 N–H and O–H groups in total. The normalized spacial score (nSPS) is 12.4. The van der Waals surface area contributed by atoms with Crippen LogP contribution in [0.1, 0.15) is 35.3 Å². The molecule has 2 rings (SSSR count). The molecule has 0 spiro atoms. The molecule has 88 valence electrons. The number of nitrogens with zero attached hydrogens (tertiary/aromatic N) is 1. The second-order valence-corrected chi connectivity index (χ2v) is 4.29. The molecule has 0 bridgehead atoms. The third-order valence-electron chi connectivity index (χ3n) is 3.04. The lowest BCUT2D eigenvalue weighted by molar-refractivity contribution is 0.805. The molecule has 1 aromatic carbocycles. The van der Waals surface area contributed by atoms with Gasteiger partial charge in [-0.2, -0.15) is 0 Å². The van der Waals surface area contributed by atoms with Gasteiger partial charge < -0.3 is 5.73 Å². The largest absolute Gasteiger partial charge is 0.319 e. The summed E-state index contributed by atoms with van der Waals surface area (Å²) in [5, 5.41) is 0. The predicted octanol–water partition coefficient (Wildman–Crippen LogP) is 3.00. The maximum absolute atomic E-state index is 6.28. The van der Waals surface area contributed by atoms with Gasteiger partial charge in [-0.15, -0.1) is 0 Å². The van der Waals surface area contributed by atoms with Gasteiger partial charge in [0, 0.05) is 6.20 Å². The zero-order valence-electron chi connectivity index (χ0n) is 10.4. The number of nitrogens with two attached hydrogens (primary N) is 1. The van der Waals surface area contributed by atoms with Gasteiger partial charge in [-0.1, -0.05) is 42.8 Å². The molecular formula is C15H18N2. The second kappa shape index (κ2) is 5.11. The van der Waals surface area contributed by atoms with Crippen molar-refractivity contribution in [2.75, 3.05) is 0 Å². The maximum Gasteiger partial charge on any atom is 0.0729 e. The van der Waals surface area contributed by atoms with Crippen LogP contribution in [0.5, 0.6) is 0 Å². The molecule has 0 radical (unpaired) electrons. The number of pyridine rings is 1. The van der Waals surface area contributed by atoms with Crippen molar-refractivity contribution in [1.82, 2.24) is 4.98 Å². The molecule has 2 heteroatoms. The molecule has 1 heterocycles. The van der Waals surface area contributed by atoms with E-state index in [1.165, 1.54) is 11.1 Å². The Balaban J connectivity index is 2.36. The summed E-state index contributed by atoms with van der Waals surface area (Å²) < 4.78 is 0. The summed E-state index contributed by atoms with van der Waals surface area (Å²) in [4.78, 5) is 4.42. The Morgan fingerprint density at radius 2 is 1.88 bits per heavy atom. The summed E-state index contributed by atoms with van der Waals surface area (Å²) in [5.41, 5.74) is 10.9. The van der Waals surface area contributed by atoms with Crippen LogP contribution < -0.4 is 5.73 Å². The summed E-state index contributed by atoms with van der Waals surface area (Å²) in [7, 11) is 0. The minimum Gasteiger partial charge on any atom is -0.319 e. The van der Waals surface area contributed by atoms with E-state index in [1.54, 1.807) is 0 Å². The van der Waals surface area contributed by atoms with Crippen LogP contribution in [-0.4, -0.2) is 4.98 Å². The highest BCUT2D eigenvalue weighted by atomic mass is 14.8. The van der Waals surface area contributed by atoms with Crippen molar-refractivity contribution in [1.29, 1.82) is 0 Å². The van der Waals surface area contributed by atoms with Gasteiger partial charge in [0.2, 0.25) is 0 Å². The van der Waals surface area contributed by atoms with Crippen LogP contribution >= 0.6 is 0 Å². The van der Waals surface area contributed by atoms with E-state index in [1.807, 2.05) is 12.3 Å². The van der Waals surface area contributed by atoms with Crippen LogP contribution in [0.4, 0.5) is 0 Å². The molecular weight excluding hydrogens is 208 g/mol. The molecule has 2 aromatic rings. The highest BCUT2D eigenvalue weighted by Gasteiger charge is 2.13. The molecule has 0 aliphatic heterocycles. The highest BCUT2D eigenvalue weighted by molar-refractivity contribution is 5.33. The van der Waals surface area contributed by atoms with Crippen molar-refractivity contribution >= 4 is 0 Å². The smallest absolute Gasteiger partial charge is 0.0729 e. The third-order valence-corrected chi connectivity index (χ3v) is 3.04. The van der Waals surface area contributed by atoms with E-state index in [2.05, 4.69) is 49.2 Å². The van der Waals surface area contributed by atoms with Crippen LogP contribution in [0.15, 0.2) is 42.6 Å². The van der Waals surface area contributed by atoms with Crippen molar-refractivity contribution in [2.24, 2.45) is 5.73 Å². The summed E-state index contributed by atoms with van der Waals surface area (Å²) in [6.45, 7) is 4.20. The highest BCUT2D eigenvalue weighted by Crippen LogP contribution is 2.21. The molecule has 1 aromatic heterocycles. The van der Waals surface area contributed by atoms with Gasteiger partial charge in [0.25, 0.3) is 0 Å². The van der Waals surface area contributed by atoms with Crippen LogP contribution in [0.3, 0.4) is 0 Å². The standard InChI is InChI=1S/C15H18N2/c1-3-12-5-4-10-17-15(12)14(16)13-8-6-11(2)7-9-13/h4-10,14H,3,16H2,1-2H3. The van der Waals surface area contributed by atoms with Gasteiger partial charge in [-0.3, -0.25) is 4.98 Å². The van der Waals surface area contributed by atoms with E-state index >= 15 is 0 Å². The van der Waals surface area contributed by atoms with Gasteiger partial charge in [-0.25, -0.2) is 0 Å². The fourth-order valence-electron chi connectivity index (χ4n) is 1.96. The molecule has 0 fully saturated rings. The molecule has 0 saturated carbocycles. The fourth-order valence-corrected chi connectivity index (χ4v) is 1.96. The monoisotopic (exact) mass is 226 g/mol. The molecule has 2 nitrogen and oxygen atoms in total. The Morgan fingerprint density at radius 1 is 1.18 bits per heavy atom. The number of hydrogen-bond acceptors (Lipinski definition) is 2. The average Bonchev–Trinajstić information content (AvgIpc) is 2.39. The quantitative estimate of drug-likeness (QED) is 0.873. The van der Waals surface area contributed by atoms with Crippen LogP contribution in [0, 0.1) is 6.92 Å². The first-order valence-electron chi connectivity index (χ1n) is 5.98. The number of benzene rings is 1. The Kier molecular flexibility index (Phi) is 3.55. The van der Waals surface area contributed by atoms with Crippen molar-refractivity contribution in [3.63, 3.8) is 0 Å². The molecule has 0 amide bonds. The SMILES string of the molecule is CCc1cccnc1C(N)c1ccc(C)cc1. The first kappa shape index (κ1) is 11.8. The van der Waals surface area contributed by atoms with E-state index < -0.39 is 0 Å². The van der Waals surface area contributed by atoms with Crippen LogP contribution in [-0.2, 0) is 6.42 Å². The molecule has 1 atom stereocenters. The summed E-state index contributed by atoms with van der Waals surface area (Å²) >= 11 is 0. The zero-order chi connectivity index (χ0) is 12.3. The average molecular weight is 226 g/mol. The first-order chi connectivity index (χ1) is 8.22. The minimum absolute atomic E-state index is 0.133. The molecule has 17 heavy (non-hydrogen) atoms. The number of hydrogen-bond donors (Lipinski definition) is 1. The Hall–Kier alpha value is -1.67. The molecule has 0 aliphatic carbocycles. The Morgan fingerprint density at radius 3 is 2.53 bits per heavy atom. The second-order valence-electron chi connectivity index (χ2n) is 4.29. The van der Waals surface area contributed by atoms with Gasteiger partial charge in [0.1, 0.15) is 0 Å². The minimum atomic E-state index is -0.133. The van der Waals surface area contributed by atoms with Gasteiger partial charge in [0.05, 0.1) is 11.7 Å². The summed E-state index contributed by atoms with van der Waals surface area (Å²) in [6.07, 6.45) is 2.77. The topological polar surface area (TPSA) is 38.9 Å². The number of aryl methyl sites for hydroxylation is 2. The molecule has 0 saturated heterocycles. The number of aromatic nitrogens is 1. The van der Waals surface area contributed by atoms with Crippen molar-refractivity contribution < 1.29 is 0 Å². The van der Waals surface area contributed by atoms with Gasteiger partial charge in [-0.05, 0) is 30.5 Å². The van der Waals surface area contributed by atoms with Crippen LogP contribution in [0.2, 0.25) is 0 Å². The zero-order valence-corrected chi connectivity index (χ0v) is 10.4. The number of rotatable bonds is 3. The van der Waals surface area contributed by atoms with E-state index in [9.17, 15) is 0 Å². The Labute approximate surface area is 103 Å².